The van der Waals surface area contributed by atoms with Crippen LogP contribution in [-0.4, -0.2) is 53.7 Å². The van der Waals surface area contributed by atoms with E-state index >= 15 is 0 Å². The zero-order valence-corrected chi connectivity index (χ0v) is 11.8. The molecular formula is C13H23F2NO3. The van der Waals surface area contributed by atoms with Crippen LogP contribution in [0.1, 0.15) is 33.6 Å². The summed E-state index contributed by atoms with van der Waals surface area (Å²) in [7, 11) is 0. The van der Waals surface area contributed by atoms with E-state index in [1.807, 2.05) is 18.7 Å². The summed E-state index contributed by atoms with van der Waals surface area (Å²) in [5.74, 6) is -5.03. The number of alkyl halides is 2. The number of halogens is 2. The third-order valence-corrected chi connectivity index (χ3v) is 3.42. The van der Waals surface area contributed by atoms with Gasteiger partial charge in [0.25, 0.3) is 0 Å². The third kappa shape index (κ3) is 3.63. The van der Waals surface area contributed by atoms with Gasteiger partial charge in [-0.15, -0.1) is 0 Å². The Kier molecular flexibility index (Phi) is 5.26. The molecule has 6 heteroatoms. The molecule has 0 radical (unpaired) electrons. The van der Waals surface area contributed by atoms with Crippen LogP contribution in [0.4, 0.5) is 8.78 Å². The van der Waals surface area contributed by atoms with Gasteiger partial charge in [0.15, 0.2) is 0 Å². The number of rotatable bonds is 5. The molecule has 0 amide bonds. The summed E-state index contributed by atoms with van der Waals surface area (Å²) in [5, 5.41) is 10.1. The molecule has 1 N–H and O–H groups in total. The Morgan fingerprint density at radius 3 is 2.37 bits per heavy atom. The number of carbonyl (C=O) groups excluding carboxylic acids is 1. The van der Waals surface area contributed by atoms with E-state index in [1.165, 1.54) is 6.92 Å². The van der Waals surface area contributed by atoms with E-state index in [4.69, 9.17) is 0 Å². The third-order valence-electron chi connectivity index (χ3n) is 3.42. The standard InChI is InChI=1S/C13H23F2NO3/c1-4-19-11(17)13(14,15)12(18)5-7-16(8-6-12)9-10(2)3/h10,18H,4-9H2,1-3H3. The van der Waals surface area contributed by atoms with Crippen LogP contribution in [0, 0.1) is 5.92 Å². The van der Waals surface area contributed by atoms with Crippen molar-refractivity contribution in [3.8, 4) is 0 Å². The Bertz CT molecular complexity index is 313. The molecular weight excluding hydrogens is 256 g/mol. The lowest BCUT2D eigenvalue weighted by Crippen LogP contribution is -2.59. The van der Waals surface area contributed by atoms with Crippen molar-refractivity contribution < 1.29 is 23.4 Å². The Balaban J connectivity index is 2.66. The highest BCUT2D eigenvalue weighted by Gasteiger charge is 2.60. The molecule has 19 heavy (non-hydrogen) atoms. The molecule has 0 saturated carbocycles. The van der Waals surface area contributed by atoms with Crippen LogP contribution in [0.3, 0.4) is 0 Å². The molecule has 0 aliphatic carbocycles. The molecule has 1 rings (SSSR count). The smallest absolute Gasteiger partial charge is 0.380 e. The molecule has 0 atom stereocenters. The normalized spacial score (nSPS) is 20.6. The Hall–Kier alpha value is -0.750. The van der Waals surface area contributed by atoms with Crippen molar-refractivity contribution in [3.63, 3.8) is 0 Å². The van der Waals surface area contributed by atoms with E-state index in [2.05, 4.69) is 4.74 Å². The van der Waals surface area contributed by atoms with E-state index in [1.54, 1.807) is 0 Å². The van der Waals surface area contributed by atoms with Gasteiger partial charge in [-0.2, -0.15) is 8.78 Å². The Morgan fingerprint density at radius 1 is 1.42 bits per heavy atom. The first-order valence-electron chi connectivity index (χ1n) is 6.72. The average Bonchev–Trinajstić information content (AvgIpc) is 2.32. The number of piperidine rings is 1. The van der Waals surface area contributed by atoms with Gasteiger partial charge >= 0.3 is 11.9 Å². The highest BCUT2D eigenvalue weighted by molar-refractivity contribution is 5.79. The van der Waals surface area contributed by atoms with Crippen molar-refractivity contribution in [2.45, 2.75) is 45.1 Å². The minimum absolute atomic E-state index is 0.120. The summed E-state index contributed by atoms with van der Waals surface area (Å²) in [6.07, 6.45) is -0.239. The summed E-state index contributed by atoms with van der Waals surface area (Å²) in [6, 6.07) is 0. The second kappa shape index (κ2) is 6.13. The predicted molar refractivity (Wildman–Crippen MR) is 67.0 cm³/mol. The number of hydrogen-bond donors (Lipinski definition) is 1. The SMILES string of the molecule is CCOC(=O)C(F)(F)C1(O)CCN(CC(C)C)CC1. The summed E-state index contributed by atoms with van der Waals surface area (Å²) >= 11 is 0. The lowest BCUT2D eigenvalue weighted by molar-refractivity contribution is -0.223. The number of hydrogen-bond acceptors (Lipinski definition) is 4. The summed E-state index contributed by atoms with van der Waals surface area (Å²) in [4.78, 5) is 13.3. The maximum absolute atomic E-state index is 13.9. The molecule has 1 fully saturated rings. The number of aliphatic hydroxyl groups is 1. The van der Waals surface area contributed by atoms with Crippen molar-refractivity contribution >= 4 is 5.97 Å². The second-order valence-corrected chi connectivity index (χ2v) is 5.52. The highest BCUT2D eigenvalue weighted by Crippen LogP contribution is 2.38. The molecule has 4 nitrogen and oxygen atoms in total. The van der Waals surface area contributed by atoms with E-state index in [0.717, 1.165) is 6.54 Å². The number of ether oxygens (including phenoxy) is 1. The van der Waals surface area contributed by atoms with Gasteiger partial charge in [0.1, 0.15) is 5.60 Å². The molecule has 0 unspecified atom stereocenters. The van der Waals surface area contributed by atoms with Crippen molar-refractivity contribution in [1.29, 1.82) is 0 Å². The monoisotopic (exact) mass is 279 g/mol. The molecule has 1 aliphatic rings. The fraction of sp³-hybridized carbons (Fsp3) is 0.923. The number of esters is 1. The van der Waals surface area contributed by atoms with Gasteiger partial charge in [-0.05, 0) is 25.7 Å². The van der Waals surface area contributed by atoms with Gasteiger partial charge in [-0.25, -0.2) is 4.79 Å². The number of likely N-dealkylation sites (tertiary alicyclic amines) is 1. The minimum atomic E-state index is -3.84. The predicted octanol–water partition coefficient (Wildman–Crippen LogP) is 1.67. The molecule has 1 aliphatic heterocycles. The van der Waals surface area contributed by atoms with Gasteiger partial charge in [0.05, 0.1) is 6.61 Å². The lowest BCUT2D eigenvalue weighted by atomic mass is 9.85. The van der Waals surface area contributed by atoms with Gasteiger partial charge in [0, 0.05) is 19.6 Å². The maximum Gasteiger partial charge on any atom is 0.380 e. The molecule has 0 aromatic carbocycles. The quantitative estimate of drug-likeness (QED) is 0.778. The molecule has 1 saturated heterocycles. The van der Waals surface area contributed by atoms with Crippen LogP contribution in [-0.2, 0) is 9.53 Å². The zero-order chi connectivity index (χ0) is 14.7. The topological polar surface area (TPSA) is 49.8 Å². The first kappa shape index (κ1) is 16.3. The zero-order valence-electron chi connectivity index (χ0n) is 11.8. The van der Waals surface area contributed by atoms with Gasteiger partial charge in [-0.3, -0.25) is 0 Å². The lowest BCUT2D eigenvalue weighted by Gasteiger charge is -2.41. The van der Waals surface area contributed by atoms with E-state index in [-0.39, 0.29) is 19.4 Å². The fourth-order valence-corrected chi connectivity index (χ4v) is 2.35. The van der Waals surface area contributed by atoms with Crippen LogP contribution in [0.15, 0.2) is 0 Å². The van der Waals surface area contributed by atoms with Crippen LogP contribution in [0.2, 0.25) is 0 Å². The van der Waals surface area contributed by atoms with Gasteiger partial charge < -0.3 is 14.7 Å². The number of nitrogens with zero attached hydrogens (tertiary/aromatic N) is 1. The number of carbonyl (C=O) groups is 1. The van der Waals surface area contributed by atoms with E-state index < -0.39 is 17.5 Å². The molecule has 0 spiro atoms. The fourth-order valence-electron chi connectivity index (χ4n) is 2.35. The van der Waals surface area contributed by atoms with Crippen LogP contribution in [0.5, 0.6) is 0 Å². The molecule has 0 aromatic rings. The molecule has 0 bridgehead atoms. The molecule has 1 heterocycles. The second-order valence-electron chi connectivity index (χ2n) is 5.52. The highest BCUT2D eigenvalue weighted by atomic mass is 19.3. The first-order chi connectivity index (χ1) is 8.73. The summed E-state index contributed by atoms with van der Waals surface area (Å²) in [6.45, 7) is 6.98. The van der Waals surface area contributed by atoms with E-state index in [0.29, 0.717) is 19.0 Å². The first-order valence-corrected chi connectivity index (χ1v) is 6.72. The van der Waals surface area contributed by atoms with E-state index in [9.17, 15) is 18.7 Å². The van der Waals surface area contributed by atoms with Crippen molar-refractivity contribution in [2.24, 2.45) is 5.92 Å². The minimum Gasteiger partial charge on any atom is -0.461 e. The summed E-state index contributed by atoms with van der Waals surface area (Å²) < 4.78 is 32.2. The van der Waals surface area contributed by atoms with Crippen molar-refractivity contribution in [3.05, 3.63) is 0 Å². The van der Waals surface area contributed by atoms with Crippen LogP contribution >= 0.6 is 0 Å². The maximum atomic E-state index is 13.9. The Labute approximate surface area is 112 Å². The Morgan fingerprint density at radius 2 is 1.95 bits per heavy atom. The average molecular weight is 279 g/mol. The largest absolute Gasteiger partial charge is 0.461 e. The summed E-state index contributed by atoms with van der Waals surface area (Å²) in [5.41, 5.74) is -2.28. The van der Waals surface area contributed by atoms with Crippen LogP contribution in [0.25, 0.3) is 0 Å². The van der Waals surface area contributed by atoms with Crippen molar-refractivity contribution in [1.82, 2.24) is 4.90 Å². The van der Waals surface area contributed by atoms with Gasteiger partial charge in [0.2, 0.25) is 0 Å². The van der Waals surface area contributed by atoms with Crippen molar-refractivity contribution in [2.75, 3.05) is 26.2 Å². The molecule has 0 aromatic heterocycles. The molecule has 112 valence electrons. The van der Waals surface area contributed by atoms with Crippen LogP contribution < -0.4 is 0 Å². The van der Waals surface area contributed by atoms with Gasteiger partial charge in [-0.1, -0.05) is 13.8 Å².